The second-order valence-corrected chi connectivity index (χ2v) is 9.11. The lowest BCUT2D eigenvalue weighted by atomic mass is 9.90. The van der Waals surface area contributed by atoms with Gasteiger partial charge in [-0.3, -0.25) is 14.6 Å². The number of hydrogen-bond acceptors (Lipinski definition) is 4. The predicted octanol–water partition coefficient (Wildman–Crippen LogP) is 3.14. The van der Waals surface area contributed by atoms with Gasteiger partial charge >= 0.3 is 0 Å². The molecule has 2 fully saturated rings. The summed E-state index contributed by atoms with van der Waals surface area (Å²) in [5.74, 6) is 0.396. The summed E-state index contributed by atoms with van der Waals surface area (Å²) in [5.41, 5.74) is 3.13. The van der Waals surface area contributed by atoms with Crippen LogP contribution in [0.4, 0.5) is 5.69 Å². The van der Waals surface area contributed by atoms with Crippen molar-refractivity contribution in [3.05, 3.63) is 59.9 Å². The zero-order valence-corrected chi connectivity index (χ0v) is 18.5. The van der Waals surface area contributed by atoms with Crippen LogP contribution >= 0.6 is 0 Å². The smallest absolute Gasteiger partial charge is 0.253 e. The van der Waals surface area contributed by atoms with Crippen LogP contribution in [-0.4, -0.2) is 55.4 Å². The number of piperidine rings is 1. The van der Waals surface area contributed by atoms with Gasteiger partial charge in [-0.15, -0.1) is 0 Å². The van der Waals surface area contributed by atoms with Crippen LogP contribution in [0.2, 0.25) is 0 Å². The number of nitrogens with zero attached hydrogens (tertiary/aromatic N) is 3. The molecule has 1 aromatic heterocycles. The molecule has 0 unspecified atom stereocenters. The number of carbonyl (C=O) groups excluding carboxylic acids is 2. The van der Waals surface area contributed by atoms with E-state index in [0.29, 0.717) is 6.54 Å². The van der Waals surface area contributed by atoms with Crippen molar-refractivity contribution in [3.63, 3.8) is 0 Å². The van der Waals surface area contributed by atoms with Crippen LogP contribution in [0.5, 0.6) is 0 Å². The molecule has 2 aliphatic rings. The topological polar surface area (TPSA) is 65.5 Å². The predicted molar refractivity (Wildman–Crippen MR) is 122 cm³/mol. The molecule has 2 heterocycles. The van der Waals surface area contributed by atoms with E-state index in [1.807, 2.05) is 60.3 Å². The first-order valence-corrected chi connectivity index (χ1v) is 11.2. The molecule has 1 atom stereocenters. The zero-order chi connectivity index (χ0) is 21.8. The largest absolute Gasteiger partial charge is 0.378 e. The Morgan fingerprint density at radius 1 is 1.16 bits per heavy atom. The van der Waals surface area contributed by atoms with Crippen LogP contribution in [0.3, 0.4) is 0 Å². The van der Waals surface area contributed by atoms with Gasteiger partial charge in [0.25, 0.3) is 5.91 Å². The fraction of sp³-hybridized carbons (Fsp3) is 0.480. The van der Waals surface area contributed by atoms with Gasteiger partial charge in [-0.25, -0.2) is 0 Å². The molecule has 2 amide bonds. The minimum atomic E-state index is 0.0938. The fourth-order valence-corrected chi connectivity index (χ4v) is 4.70. The summed E-state index contributed by atoms with van der Waals surface area (Å²) >= 11 is 0. The van der Waals surface area contributed by atoms with E-state index in [0.717, 1.165) is 56.4 Å². The van der Waals surface area contributed by atoms with Gasteiger partial charge in [0.2, 0.25) is 5.91 Å². The number of aromatic nitrogens is 1. The van der Waals surface area contributed by atoms with Gasteiger partial charge in [-0.1, -0.05) is 6.07 Å². The van der Waals surface area contributed by atoms with E-state index < -0.39 is 0 Å². The van der Waals surface area contributed by atoms with E-state index in [4.69, 9.17) is 0 Å². The second-order valence-electron chi connectivity index (χ2n) is 9.11. The number of pyridine rings is 1. The number of nitrogens with one attached hydrogen (secondary N) is 1. The van der Waals surface area contributed by atoms with Gasteiger partial charge in [0.05, 0.1) is 0 Å². The molecule has 1 aromatic carbocycles. The fourth-order valence-electron chi connectivity index (χ4n) is 4.70. The van der Waals surface area contributed by atoms with Crippen molar-refractivity contribution < 1.29 is 9.59 Å². The van der Waals surface area contributed by atoms with E-state index in [9.17, 15) is 9.59 Å². The summed E-state index contributed by atoms with van der Waals surface area (Å²) in [6.45, 7) is 2.17. The number of amides is 2. The Balaban J connectivity index is 1.22. The molecule has 1 aliphatic carbocycles. The summed E-state index contributed by atoms with van der Waals surface area (Å²) < 4.78 is 0. The molecule has 1 aliphatic heterocycles. The third-order valence-electron chi connectivity index (χ3n) is 6.85. The Bertz CT molecular complexity index is 920. The Morgan fingerprint density at radius 2 is 1.90 bits per heavy atom. The third-order valence-corrected chi connectivity index (χ3v) is 6.85. The molecular formula is C25H32N4O2. The van der Waals surface area contributed by atoms with Crippen LogP contribution in [0.1, 0.15) is 41.6 Å². The number of benzene rings is 1. The maximum atomic E-state index is 12.9. The third kappa shape index (κ3) is 4.89. The van der Waals surface area contributed by atoms with E-state index in [-0.39, 0.29) is 23.1 Å². The first-order chi connectivity index (χ1) is 15.0. The molecule has 4 rings (SSSR count). The van der Waals surface area contributed by atoms with E-state index >= 15 is 0 Å². The molecule has 1 spiro atoms. The molecule has 31 heavy (non-hydrogen) atoms. The monoisotopic (exact) mass is 420 g/mol. The van der Waals surface area contributed by atoms with Crippen LogP contribution in [0, 0.1) is 11.3 Å². The highest BCUT2D eigenvalue weighted by atomic mass is 16.2. The Morgan fingerprint density at radius 3 is 2.61 bits per heavy atom. The summed E-state index contributed by atoms with van der Waals surface area (Å²) in [4.78, 5) is 33.5. The Kier molecular flexibility index (Phi) is 6.25. The van der Waals surface area contributed by atoms with Crippen molar-refractivity contribution in [2.24, 2.45) is 11.3 Å². The number of aryl methyl sites for hydroxylation is 1. The number of rotatable bonds is 7. The quantitative estimate of drug-likeness (QED) is 0.699. The van der Waals surface area contributed by atoms with Crippen molar-refractivity contribution in [1.29, 1.82) is 0 Å². The van der Waals surface area contributed by atoms with Crippen LogP contribution in [0.15, 0.2) is 48.8 Å². The lowest BCUT2D eigenvalue weighted by molar-refractivity contribution is -0.123. The second kappa shape index (κ2) is 9.08. The number of anilines is 1. The van der Waals surface area contributed by atoms with Crippen molar-refractivity contribution in [2.75, 3.05) is 38.6 Å². The number of hydrogen-bond donors (Lipinski definition) is 1. The summed E-state index contributed by atoms with van der Waals surface area (Å²) in [7, 11) is 3.96. The van der Waals surface area contributed by atoms with E-state index in [1.54, 1.807) is 12.4 Å². The standard InChI is InChI=1S/C25H32N4O2/c1-28(2)21-7-3-6-20(17-21)24(31)29-15-10-25(11-16-29)18-22(25)23(30)27-12-4-5-19-8-13-26-14-9-19/h3,6-9,13-14,17,22H,4-5,10-12,15-16,18H2,1-2H3,(H,27,30)/t22-/m0/s1. The van der Waals surface area contributed by atoms with Crippen molar-refractivity contribution in [2.45, 2.75) is 32.1 Å². The molecule has 1 saturated carbocycles. The number of carbonyl (C=O) groups is 2. The van der Waals surface area contributed by atoms with Gasteiger partial charge in [-0.05, 0) is 73.4 Å². The lowest BCUT2D eigenvalue weighted by Gasteiger charge is -2.33. The van der Waals surface area contributed by atoms with Crippen LogP contribution < -0.4 is 10.2 Å². The highest BCUT2D eigenvalue weighted by molar-refractivity contribution is 5.95. The average molecular weight is 421 g/mol. The number of likely N-dealkylation sites (tertiary alicyclic amines) is 1. The summed E-state index contributed by atoms with van der Waals surface area (Å²) in [6, 6.07) is 11.8. The molecule has 6 heteroatoms. The summed E-state index contributed by atoms with van der Waals surface area (Å²) in [5, 5.41) is 3.12. The molecule has 1 N–H and O–H groups in total. The van der Waals surface area contributed by atoms with Gasteiger partial charge in [0, 0.05) is 63.3 Å². The minimum absolute atomic E-state index is 0.0938. The normalized spacial score (nSPS) is 19.2. The van der Waals surface area contributed by atoms with E-state index in [1.165, 1.54) is 5.56 Å². The molecule has 1 saturated heterocycles. The van der Waals surface area contributed by atoms with E-state index in [2.05, 4.69) is 10.3 Å². The van der Waals surface area contributed by atoms with Gasteiger partial charge in [0.1, 0.15) is 0 Å². The van der Waals surface area contributed by atoms with Gasteiger partial charge in [0.15, 0.2) is 0 Å². The minimum Gasteiger partial charge on any atom is -0.378 e. The SMILES string of the molecule is CN(C)c1cccc(C(=O)N2CCC3(CC2)C[C@H]3C(=O)NCCCc2ccncc2)c1. The molecule has 0 bridgehead atoms. The first kappa shape index (κ1) is 21.3. The zero-order valence-electron chi connectivity index (χ0n) is 18.5. The van der Waals surface area contributed by atoms with Gasteiger partial charge in [-0.2, -0.15) is 0 Å². The molecule has 2 aromatic rings. The summed E-state index contributed by atoms with van der Waals surface area (Å²) in [6.07, 6.45) is 8.29. The van der Waals surface area contributed by atoms with Crippen LogP contribution in [-0.2, 0) is 11.2 Å². The van der Waals surface area contributed by atoms with Crippen molar-refractivity contribution >= 4 is 17.5 Å². The van der Waals surface area contributed by atoms with Crippen molar-refractivity contribution in [3.8, 4) is 0 Å². The molecular weight excluding hydrogens is 388 g/mol. The molecule has 6 nitrogen and oxygen atoms in total. The molecule has 0 radical (unpaired) electrons. The highest BCUT2D eigenvalue weighted by Crippen LogP contribution is 2.59. The maximum Gasteiger partial charge on any atom is 0.253 e. The molecule has 164 valence electrons. The van der Waals surface area contributed by atoms with Crippen molar-refractivity contribution in [1.82, 2.24) is 15.2 Å². The lowest BCUT2D eigenvalue weighted by Crippen LogP contribution is -2.40. The van der Waals surface area contributed by atoms with Crippen LogP contribution in [0.25, 0.3) is 0 Å². The van der Waals surface area contributed by atoms with Gasteiger partial charge < -0.3 is 15.1 Å². The Labute approximate surface area is 184 Å². The maximum absolute atomic E-state index is 12.9. The highest BCUT2D eigenvalue weighted by Gasteiger charge is 2.58. The average Bonchev–Trinajstić information content (AvgIpc) is 3.50. The Hall–Kier alpha value is -2.89. The first-order valence-electron chi connectivity index (χ1n) is 11.2.